The summed E-state index contributed by atoms with van der Waals surface area (Å²) in [5.74, 6) is 0.583. The van der Waals surface area contributed by atoms with Crippen LogP contribution in [0.15, 0.2) is 35.9 Å². The number of para-hydroxylation sites is 1. The Balaban J connectivity index is 1.70. The fourth-order valence-electron chi connectivity index (χ4n) is 6.21. The van der Waals surface area contributed by atoms with E-state index in [9.17, 15) is 9.59 Å². The van der Waals surface area contributed by atoms with Crippen LogP contribution in [0.3, 0.4) is 0 Å². The number of hydrogen-bond donors (Lipinski definition) is 0. The molecule has 116 valence electrons. The zero-order chi connectivity index (χ0) is 15.3. The Labute approximate surface area is 134 Å². The van der Waals surface area contributed by atoms with Gasteiger partial charge in [-0.25, -0.2) is 0 Å². The fraction of sp³-hybridized carbons (Fsp3) is 0.474. The second kappa shape index (κ2) is 3.75. The van der Waals surface area contributed by atoms with Gasteiger partial charge in [0.05, 0.1) is 12.6 Å². The average molecular weight is 306 g/mol. The smallest absolute Gasteiger partial charge is 0.231 e. The largest absolute Gasteiger partial charge is 0.304 e. The first-order chi connectivity index (χ1) is 11.2. The summed E-state index contributed by atoms with van der Waals surface area (Å²) in [6.45, 7) is 1.57. The van der Waals surface area contributed by atoms with Crippen LogP contribution >= 0.6 is 0 Å². The highest BCUT2D eigenvalue weighted by molar-refractivity contribution is 6.02. The van der Waals surface area contributed by atoms with Crippen molar-refractivity contribution in [2.45, 2.75) is 36.8 Å². The number of rotatable bonds is 0. The molecular formula is C19H18N2O2. The molecule has 0 unspecified atom stereocenters. The van der Waals surface area contributed by atoms with Gasteiger partial charge in [0, 0.05) is 29.5 Å². The number of fused-ring (bicyclic) bond motifs is 4. The molecule has 23 heavy (non-hydrogen) atoms. The molecule has 0 aromatic heterocycles. The van der Waals surface area contributed by atoms with Crippen molar-refractivity contribution in [3.8, 4) is 0 Å². The number of piperidine rings is 1. The highest BCUT2D eigenvalue weighted by atomic mass is 16.2. The van der Waals surface area contributed by atoms with Gasteiger partial charge in [0.1, 0.15) is 0 Å². The first-order valence-electron chi connectivity index (χ1n) is 8.60. The number of nitrogens with zero attached hydrogens (tertiary/aromatic N) is 2. The molecule has 1 amide bonds. The van der Waals surface area contributed by atoms with Gasteiger partial charge in [-0.05, 0) is 36.6 Å². The monoisotopic (exact) mass is 306 g/mol. The van der Waals surface area contributed by atoms with Crippen LogP contribution < -0.4 is 4.90 Å². The van der Waals surface area contributed by atoms with Crippen LogP contribution in [0, 0.1) is 5.92 Å². The van der Waals surface area contributed by atoms with Gasteiger partial charge >= 0.3 is 0 Å². The summed E-state index contributed by atoms with van der Waals surface area (Å²) in [5, 5.41) is 0. The molecule has 2 saturated heterocycles. The Bertz CT molecular complexity index is 813. The lowest BCUT2D eigenvalue weighted by Gasteiger charge is -2.53. The van der Waals surface area contributed by atoms with Gasteiger partial charge in [-0.15, -0.1) is 0 Å². The van der Waals surface area contributed by atoms with E-state index in [0.717, 1.165) is 25.1 Å². The van der Waals surface area contributed by atoms with Crippen LogP contribution in [-0.4, -0.2) is 41.8 Å². The molecule has 4 nitrogen and oxygen atoms in total. The molecule has 4 aliphatic heterocycles. The molecule has 3 fully saturated rings. The van der Waals surface area contributed by atoms with E-state index in [4.69, 9.17) is 0 Å². The molecule has 1 saturated carbocycles. The second-order valence-electron chi connectivity index (χ2n) is 7.62. The highest BCUT2D eigenvalue weighted by Crippen LogP contribution is 2.62. The minimum atomic E-state index is 0.00963. The standard InChI is InChI=1S/C19H18N2O2/c22-15-10-20-8-7-19-13-3-1-2-4-14(13)21-17(23)6-5-11(18(19)21)12(15)9-16(19)20/h1-5,12,16,18H,6-10H2/t12-,16+,18+,19-/m1/s1. The van der Waals surface area contributed by atoms with E-state index in [1.807, 2.05) is 11.0 Å². The minimum Gasteiger partial charge on any atom is -0.304 e. The molecule has 1 aromatic rings. The lowest BCUT2D eigenvalue weighted by atomic mass is 9.58. The molecule has 4 heterocycles. The number of carbonyl (C=O) groups is 2. The van der Waals surface area contributed by atoms with E-state index < -0.39 is 0 Å². The van der Waals surface area contributed by atoms with Crippen molar-refractivity contribution < 1.29 is 9.59 Å². The third-order valence-electron chi connectivity index (χ3n) is 6.96. The van der Waals surface area contributed by atoms with Crippen LogP contribution in [0.1, 0.15) is 24.8 Å². The van der Waals surface area contributed by atoms with E-state index in [-0.39, 0.29) is 23.3 Å². The van der Waals surface area contributed by atoms with E-state index in [2.05, 4.69) is 29.2 Å². The van der Waals surface area contributed by atoms with E-state index in [0.29, 0.717) is 24.8 Å². The van der Waals surface area contributed by atoms with Gasteiger partial charge in [0.15, 0.2) is 5.78 Å². The first kappa shape index (κ1) is 12.5. The lowest BCUT2D eigenvalue weighted by molar-refractivity contribution is -0.129. The number of Topliss-reactive ketones (excluding diaryl/α,β-unsaturated/α-hetero) is 1. The molecule has 6 rings (SSSR count). The summed E-state index contributed by atoms with van der Waals surface area (Å²) in [6, 6.07) is 8.94. The third-order valence-corrected chi connectivity index (χ3v) is 6.96. The van der Waals surface area contributed by atoms with Gasteiger partial charge in [-0.3, -0.25) is 14.5 Å². The Morgan fingerprint density at radius 1 is 1.17 bits per heavy atom. The number of hydrogen-bond acceptors (Lipinski definition) is 3. The van der Waals surface area contributed by atoms with Gasteiger partial charge < -0.3 is 4.90 Å². The van der Waals surface area contributed by atoms with E-state index in [1.165, 1.54) is 11.1 Å². The van der Waals surface area contributed by atoms with Crippen LogP contribution in [0.2, 0.25) is 0 Å². The molecule has 2 bridgehead atoms. The molecule has 4 atom stereocenters. The van der Waals surface area contributed by atoms with Crippen molar-refractivity contribution in [3.63, 3.8) is 0 Å². The zero-order valence-corrected chi connectivity index (χ0v) is 12.9. The molecule has 1 aliphatic carbocycles. The van der Waals surface area contributed by atoms with Gasteiger partial charge in [0.2, 0.25) is 5.91 Å². The SMILES string of the molecule is O=C1CN2CC[C@@]34c5ccccc5N5C(=O)CC=C([C@H]1C[C@H]23)[C@H]54. The molecule has 0 N–H and O–H groups in total. The van der Waals surface area contributed by atoms with Crippen LogP contribution in [0.5, 0.6) is 0 Å². The van der Waals surface area contributed by atoms with Crippen molar-refractivity contribution in [1.82, 2.24) is 4.90 Å². The Morgan fingerprint density at radius 2 is 2.04 bits per heavy atom. The zero-order valence-electron chi connectivity index (χ0n) is 12.9. The second-order valence-corrected chi connectivity index (χ2v) is 7.62. The average Bonchev–Trinajstić information content (AvgIpc) is 3.09. The first-order valence-corrected chi connectivity index (χ1v) is 8.60. The van der Waals surface area contributed by atoms with Crippen molar-refractivity contribution in [2.24, 2.45) is 5.92 Å². The topological polar surface area (TPSA) is 40.6 Å². The minimum absolute atomic E-state index is 0.00963. The summed E-state index contributed by atoms with van der Waals surface area (Å²) in [5.41, 5.74) is 3.68. The van der Waals surface area contributed by atoms with Gasteiger partial charge in [-0.2, -0.15) is 0 Å². The summed E-state index contributed by atoms with van der Waals surface area (Å²) in [7, 11) is 0. The van der Waals surface area contributed by atoms with Gasteiger partial charge in [-0.1, -0.05) is 24.3 Å². The predicted molar refractivity (Wildman–Crippen MR) is 85.2 cm³/mol. The highest BCUT2D eigenvalue weighted by Gasteiger charge is 2.67. The van der Waals surface area contributed by atoms with Crippen LogP contribution in [-0.2, 0) is 15.0 Å². The number of amides is 1. The summed E-state index contributed by atoms with van der Waals surface area (Å²) in [4.78, 5) is 29.8. The van der Waals surface area contributed by atoms with Crippen molar-refractivity contribution in [2.75, 3.05) is 18.0 Å². The molecule has 1 aromatic carbocycles. The van der Waals surface area contributed by atoms with E-state index >= 15 is 0 Å². The number of anilines is 1. The van der Waals surface area contributed by atoms with Crippen molar-refractivity contribution in [1.29, 1.82) is 0 Å². The number of ketones is 1. The molecule has 5 aliphatic rings. The predicted octanol–water partition coefficient (Wildman–Crippen LogP) is 1.65. The maximum absolute atomic E-state index is 12.7. The summed E-state index contributed by atoms with van der Waals surface area (Å²) >= 11 is 0. The van der Waals surface area contributed by atoms with Crippen LogP contribution in [0.4, 0.5) is 5.69 Å². The normalized spacial score (nSPS) is 40.1. The lowest BCUT2D eigenvalue weighted by Crippen LogP contribution is -2.64. The quantitative estimate of drug-likeness (QED) is 0.684. The van der Waals surface area contributed by atoms with Crippen molar-refractivity contribution in [3.05, 3.63) is 41.5 Å². The Morgan fingerprint density at radius 3 is 2.96 bits per heavy atom. The number of carbonyl (C=O) groups excluding carboxylic acids is 2. The number of benzene rings is 1. The maximum atomic E-state index is 12.7. The van der Waals surface area contributed by atoms with E-state index in [1.54, 1.807) is 0 Å². The molecular weight excluding hydrogens is 288 g/mol. The fourth-order valence-corrected chi connectivity index (χ4v) is 6.21. The Kier molecular flexibility index (Phi) is 2.04. The Hall–Kier alpha value is -1.94. The molecule has 4 heteroatoms. The summed E-state index contributed by atoms with van der Waals surface area (Å²) in [6.07, 6.45) is 4.52. The third kappa shape index (κ3) is 1.19. The molecule has 1 spiro atoms. The van der Waals surface area contributed by atoms with Crippen molar-refractivity contribution >= 4 is 17.4 Å². The summed E-state index contributed by atoms with van der Waals surface area (Å²) < 4.78 is 0. The van der Waals surface area contributed by atoms with Gasteiger partial charge in [0.25, 0.3) is 0 Å². The molecule has 0 radical (unpaired) electrons. The van der Waals surface area contributed by atoms with Crippen LogP contribution in [0.25, 0.3) is 0 Å². The maximum Gasteiger partial charge on any atom is 0.231 e.